The maximum absolute atomic E-state index is 12.8. The Morgan fingerprint density at radius 1 is 1.25 bits per heavy atom. The van der Waals surface area contributed by atoms with Gasteiger partial charge in [-0.15, -0.1) is 0 Å². The number of amides is 1. The number of carbonyl (C=O) groups is 1. The first-order chi connectivity index (χ1) is 11.5. The highest BCUT2D eigenvalue weighted by atomic mass is 79.9. The van der Waals surface area contributed by atoms with Gasteiger partial charge in [0.2, 0.25) is 5.91 Å². The molecule has 0 saturated carbocycles. The van der Waals surface area contributed by atoms with Crippen molar-refractivity contribution in [3.8, 4) is 5.75 Å². The van der Waals surface area contributed by atoms with E-state index in [1.807, 2.05) is 25.1 Å². The van der Waals surface area contributed by atoms with Crippen LogP contribution in [0.5, 0.6) is 5.75 Å². The summed E-state index contributed by atoms with van der Waals surface area (Å²) in [4.78, 5) is 11.9. The van der Waals surface area contributed by atoms with Crippen LogP contribution in [0.3, 0.4) is 0 Å². The predicted molar refractivity (Wildman–Crippen MR) is 95.4 cm³/mol. The highest BCUT2D eigenvalue weighted by Crippen LogP contribution is 2.27. The number of nitrogens with one attached hydrogen (secondary N) is 2. The quantitative estimate of drug-likeness (QED) is 0.754. The molecule has 24 heavy (non-hydrogen) atoms. The van der Waals surface area contributed by atoms with Crippen LogP contribution >= 0.6 is 15.9 Å². The molecule has 0 aliphatic carbocycles. The monoisotopic (exact) mass is 394 g/mol. The first-order valence-electron chi connectivity index (χ1n) is 7.57. The Kier molecular flexibility index (Phi) is 6.75. The summed E-state index contributed by atoms with van der Waals surface area (Å²) in [5.41, 5.74) is 1.91. The second kappa shape index (κ2) is 8.80. The van der Waals surface area contributed by atoms with Gasteiger partial charge in [0.05, 0.1) is 18.1 Å². The lowest BCUT2D eigenvalue weighted by molar-refractivity contribution is -0.120. The number of ether oxygens (including phenoxy) is 1. The molecular formula is C18H20BrFN2O2. The van der Waals surface area contributed by atoms with Crippen LogP contribution in [-0.2, 0) is 11.3 Å². The van der Waals surface area contributed by atoms with Gasteiger partial charge >= 0.3 is 0 Å². The Morgan fingerprint density at radius 3 is 2.58 bits per heavy atom. The maximum Gasteiger partial charge on any atom is 0.234 e. The maximum atomic E-state index is 12.8. The molecule has 2 aromatic rings. The highest BCUT2D eigenvalue weighted by Gasteiger charge is 2.10. The highest BCUT2D eigenvalue weighted by molar-refractivity contribution is 9.10. The molecule has 1 amide bonds. The third-order valence-corrected chi connectivity index (χ3v) is 4.27. The Balaban J connectivity index is 1.80. The van der Waals surface area contributed by atoms with Crippen molar-refractivity contribution in [2.75, 3.05) is 13.7 Å². The minimum atomic E-state index is -0.286. The van der Waals surface area contributed by atoms with Gasteiger partial charge in [-0.05, 0) is 58.2 Å². The van der Waals surface area contributed by atoms with E-state index in [1.54, 1.807) is 19.2 Å². The van der Waals surface area contributed by atoms with E-state index in [4.69, 9.17) is 4.74 Å². The van der Waals surface area contributed by atoms with Crippen molar-refractivity contribution in [2.45, 2.75) is 19.5 Å². The SMILES string of the molecule is COc1ccc([C@H](C)NCC(=O)NCc2ccc(F)cc2)cc1Br. The van der Waals surface area contributed by atoms with Gasteiger partial charge in [-0.25, -0.2) is 4.39 Å². The van der Waals surface area contributed by atoms with Gasteiger partial charge in [-0.1, -0.05) is 18.2 Å². The summed E-state index contributed by atoms with van der Waals surface area (Å²) >= 11 is 3.45. The third-order valence-electron chi connectivity index (χ3n) is 3.65. The zero-order chi connectivity index (χ0) is 17.5. The molecule has 2 N–H and O–H groups in total. The van der Waals surface area contributed by atoms with Crippen molar-refractivity contribution in [1.29, 1.82) is 0 Å². The average molecular weight is 395 g/mol. The summed E-state index contributed by atoms with van der Waals surface area (Å²) in [6.07, 6.45) is 0. The van der Waals surface area contributed by atoms with E-state index in [0.717, 1.165) is 21.3 Å². The van der Waals surface area contributed by atoms with E-state index in [-0.39, 0.29) is 24.3 Å². The molecule has 0 bridgehead atoms. The summed E-state index contributed by atoms with van der Waals surface area (Å²) < 4.78 is 18.9. The average Bonchev–Trinajstić information content (AvgIpc) is 2.59. The lowest BCUT2D eigenvalue weighted by Gasteiger charge is -2.15. The summed E-state index contributed by atoms with van der Waals surface area (Å²) in [5.74, 6) is 0.368. The molecule has 0 heterocycles. The zero-order valence-corrected chi connectivity index (χ0v) is 15.2. The number of rotatable bonds is 7. The molecule has 0 spiro atoms. The van der Waals surface area contributed by atoms with Crippen LogP contribution in [0.2, 0.25) is 0 Å². The van der Waals surface area contributed by atoms with E-state index < -0.39 is 0 Å². The van der Waals surface area contributed by atoms with Crippen molar-refractivity contribution in [1.82, 2.24) is 10.6 Å². The number of hydrogen-bond acceptors (Lipinski definition) is 3. The summed E-state index contributed by atoms with van der Waals surface area (Å²) in [6, 6.07) is 11.9. The molecule has 0 aromatic heterocycles. The fourth-order valence-corrected chi connectivity index (χ4v) is 2.74. The number of carbonyl (C=O) groups excluding carboxylic acids is 1. The van der Waals surface area contributed by atoms with Gasteiger partial charge in [-0.2, -0.15) is 0 Å². The molecule has 0 aliphatic heterocycles. The molecule has 6 heteroatoms. The molecule has 0 radical (unpaired) electrons. The van der Waals surface area contributed by atoms with Crippen LogP contribution in [-0.4, -0.2) is 19.6 Å². The minimum absolute atomic E-state index is 0.0174. The van der Waals surface area contributed by atoms with E-state index >= 15 is 0 Å². The smallest absolute Gasteiger partial charge is 0.234 e. The molecule has 1 atom stereocenters. The van der Waals surface area contributed by atoms with Crippen molar-refractivity contribution >= 4 is 21.8 Å². The van der Waals surface area contributed by atoms with Crippen molar-refractivity contribution in [3.05, 3.63) is 63.9 Å². The molecule has 0 aliphatic rings. The molecule has 4 nitrogen and oxygen atoms in total. The lowest BCUT2D eigenvalue weighted by atomic mass is 10.1. The number of halogens is 2. The molecule has 2 rings (SSSR count). The van der Waals surface area contributed by atoms with Gasteiger partial charge in [0.15, 0.2) is 0 Å². The molecule has 0 unspecified atom stereocenters. The van der Waals surface area contributed by atoms with Gasteiger partial charge in [-0.3, -0.25) is 4.79 Å². The summed E-state index contributed by atoms with van der Waals surface area (Å²) in [7, 11) is 1.62. The number of hydrogen-bond donors (Lipinski definition) is 2. The normalized spacial score (nSPS) is 11.8. The molecule has 128 valence electrons. The largest absolute Gasteiger partial charge is 0.496 e. The van der Waals surface area contributed by atoms with Crippen LogP contribution < -0.4 is 15.4 Å². The minimum Gasteiger partial charge on any atom is -0.496 e. The Bertz CT molecular complexity index is 692. The van der Waals surface area contributed by atoms with Crippen molar-refractivity contribution in [2.24, 2.45) is 0 Å². The molecule has 0 saturated heterocycles. The lowest BCUT2D eigenvalue weighted by Crippen LogP contribution is -2.34. The van der Waals surface area contributed by atoms with Gasteiger partial charge in [0.25, 0.3) is 0 Å². The van der Waals surface area contributed by atoms with Crippen molar-refractivity contribution in [3.63, 3.8) is 0 Å². The van der Waals surface area contributed by atoms with Crippen LogP contribution in [0.4, 0.5) is 4.39 Å². The second-order valence-corrected chi connectivity index (χ2v) is 6.25. The van der Waals surface area contributed by atoms with E-state index in [2.05, 4.69) is 26.6 Å². The Morgan fingerprint density at radius 2 is 1.96 bits per heavy atom. The summed E-state index contributed by atoms with van der Waals surface area (Å²) in [6.45, 7) is 2.57. The van der Waals surface area contributed by atoms with E-state index in [0.29, 0.717) is 6.54 Å². The first kappa shape index (κ1) is 18.4. The van der Waals surface area contributed by atoms with Crippen LogP contribution in [0.15, 0.2) is 46.9 Å². The summed E-state index contributed by atoms with van der Waals surface area (Å²) in [5, 5.41) is 5.98. The van der Waals surface area contributed by atoms with Gasteiger partial charge in [0, 0.05) is 12.6 Å². The van der Waals surface area contributed by atoms with Crippen LogP contribution in [0.25, 0.3) is 0 Å². The number of methoxy groups -OCH3 is 1. The molecule has 2 aromatic carbocycles. The predicted octanol–water partition coefficient (Wildman–Crippen LogP) is 3.56. The van der Waals surface area contributed by atoms with Gasteiger partial charge in [0.1, 0.15) is 11.6 Å². The Hall–Kier alpha value is -1.92. The topological polar surface area (TPSA) is 50.4 Å². The van der Waals surface area contributed by atoms with E-state index in [1.165, 1.54) is 12.1 Å². The van der Waals surface area contributed by atoms with Crippen LogP contribution in [0, 0.1) is 5.82 Å². The molecule has 0 fully saturated rings. The zero-order valence-electron chi connectivity index (χ0n) is 13.6. The first-order valence-corrected chi connectivity index (χ1v) is 8.37. The fourth-order valence-electron chi connectivity index (χ4n) is 2.18. The van der Waals surface area contributed by atoms with Crippen molar-refractivity contribution < 1.29 is 13.9 Å². The fraction of sp³-hybridized carbons (Fsp3) is 0.278. The number of benzene rings is 2. The van der Waals surface area contributed by atoms with E-state index in [9.17, 15) is 9.18 Å². The third kappa shape index (κ3) is 5.32. The molecular weight excluding hydrogens is 375 g/mol. The Labute approximate surface area is 149 Å². The van der Waals surface area contributed by atoms with Crippen LogP contribution in [0.1, 0.15) is 24.1 Å². The second-order valence-electron chi connectivity index (χ2n) is 5.40. The standard InChI is InChI=1S/C18H20BrFN2O2/c1-12(14-5-8-17(24-2)16(19)9-14)21-11-18(23)22-10-13-3-6-15(20)7-4-13/h3-9,12,21H,10-11H2,1-2H3,(H,22,23)/t12-/m0/s1. The van der Waals surface area contributed by atoms with Gasteiger partial charge < -0.3 is 15.4 Å².